The molecule has 0 aliphatic heterocycles. The molecule has 7 heteroatoms. The van der Waals surface area contributed by atoms with Gasteiger partial charge in [0.05, 0.1) is 7.11 Å². The van der Waals surface area contributed by atoms with E-state index in [9.17, 15) is 14.9 Å². The summed E-state index contributed by atoms with van der Waals surface area (Å²) in [6.07, 6.45) is 3.56. The number of aromatic nitrogens is 2. The van der Waals surface area contributed by atoms with Gasteiger partial charge in [0.25, 0.3) is 0 Å². The van der Waals surface area contributed by atoms with E-state index in [1.165, 1.54) is 19.6 Å². The first kappa shape index (κ1) is 11.2. The smallest absolute Gasteiger partial charge is 0.381 e. The number of esters is 1. The van der Waals surface area contributed by atoms with Gasteiger partial charge < -0.3 is 19.4 Å². The minimum absolute atomic E-state index is 0.187. The maximum Gasteiger partial charge on any atom is 0.381 e. The van der Waals surface area contributed by atoms with Crippen LogP contribution in [0.2, 0.25) is 0 Å². The Labute approximate surface area is 85.8 Å². The van der Waals surface area contributed by atoms with Crippen LogP contribution in [-0.2, 0) is 16.1 Å². The van der Waals surface area contributed by atoms with E-state index in [1.54, 1.807) is 4.57 Å². The molecule has 1 heterocycles. The lowest BCUT2D eigenvalue weighted by molar-refractivity contribution is -0.389. The highest BCUT2D eigenvalue weighted by molar-refractivity contribution is 5.68. The molecule has 1 aromatic heterocycles. The van der Waals surface area contributed by atoms with Crippen molar-refractivity contribution >= 4 is 11.8 Å². The quantitative estimate of drug-likeness (QED) is 0.409. The van der Waals surface area contributed by atoms with E-state index < -0.39 is 4.92 Å². The van der Waals surface area contributed by atoms with Crippen LogP contribution in [0.1, 0.15) is 12.8 Å². The molecular formula is C8H11N3O4. The molecule has 0 aliphatic carbocycles. The number of hydrogen-bond donors (Lipinski definition) is 0. The van der Waals surface area contributed by atoms with E-state index in [0.29, 0.717) is 19.4 Å². The summed E-state index contributed by atoms with van der Waals surface area (Å²) in [5.74, 6) is -0.474. The van der Waals surface area contributed by atoms with Crippen molar-refractivity contribution in [1.82, 2.24) is 9.55 Å². The monoisotopic (exact) mass is 213 g/mol. The van der Waals surface area contributed by atoms with E-state index in [0.717, 1.165) is 0 Å². The molecule has 7 nitrogen and oxygen atoms in total. The summed E-state index contributed by atoms with van der Waals surface area (Å²) < 4.78 is 6.03. The molecule has 15 heavy (non-hydrogen) atoms. The van der Waals surface area contributed by atoms with Crippen LogP contribution in [-0.4, -0.2) is 27.6 Å². The minimum atomic E-state index is -0.559. The molecule has 1 rings (SSSR count). The summed E-state index contributed by atoms with van der Waals surface area (Å²) in [6.45, 7) is 0.510. The number of nitrogens with zero attached hydrogens (tertiary/aromatic N) is 3. The Bertz CT molecular complexity index is 361. The van der Waals surface area contributed by atoms with Crippen LogP contribution in [0.5, 0.6) is 0 Å². The molecule has 0 amide bonds. The topological polar surface area (TPSA) is 87.3 Å². The lowest BCUT2D eigenvalue weighted by Gasteiger charge is -1.99. The highest BCUT2D eigenvalue weighted by atomic mass is 16.6. The SMILES string of the molecule is COC(=O)CCCn1cnc([N+](=O)[O-])c1. The summed E-state index contributed by atoms with van der Waals surface area (Å²) in [5, 5.41) is 10.3. The molecule has 0 aromatic carbocycles. The average Bonchev–Trinajstić information content (AvgIpc) is 2.66. The average molecular weight is 213 g/mol. The molecule has 1 aromatic rings. The summed E-state index contributed by atoms with van der Waals surface area (Å²) in [5.41, 5.74) is 0. The third-order valence-corrected chi connectivity index (χ3v) is 1.83. The maximum atomic E-state index is 10.8. The molecule has 0 bridgehead atoms. The van der Waals surface area contributed by atoms with Gasteiger partial charge in [0.2, 0.25) is 6.33 Å². The number of aryl methyl sites for hydroxylation is 1. The number of rotatable bonds is 5. The first-order valence-electron chi connectivity index (χ1n) is 4.36. The van der Waals surface area contributed by atoms with Gasteiger partial charge in [0.1, 0.15) is 6.20 Å². The van der Waals surface area contributed by atoms with Gasteiger partial charge in [-0.25, -0.2) is 0 Å². The zero-order valence-electron chi connectivity index (χ0n) is 8.25. The number of hydrogen-bond acceptors (Lipinski definition) is 5. The molecule has 0 atom stereocenters. The van der Waals surface area contributed by atoms with E-state index in [4.69, 9.17) is 0 Å². The Hall–Kier alpha value is -1.92. The van der Waals surface area contributed by atoms with Crippen LogP contribution < -0.4 is 0 Å². The molecule has 0 spiro atoms. The van der Waals surface area contributed by atoms with Crippen LogP contribution in [0.3, 0.4) is 0 Å². The number of ether oxygens (including phenoxy) is 1. The fourth-order valence-corrected chi connectivity index (χ4v) is 1.07. The van der Waals surface area contributed by atoms with Gasteiger partial charge in [-0.2, -0.15) is 0 Å². The highest BCUT2D eigenvalue weighted by Gasteiger charge is 2.09. The Morgan fingerprint density at radius 3 is 3.00 bits per heavy atom. The third-order valence-electron chi connectivity index (χ3n) is 1.83. The van der Waals surface area contributed by atoms with Crippen LogP contribution in [0, 0.1) is 10.1 Å². The van der Waals surface area contributed by atoms with Crippen molar-refractivity contribution in [2.24, 2.45) is 0 Å². The maximum absolute atomic E-state index is 10.8. The summed E-state index contributed by atoms with van der Waals surface area (Å²) in [7, 11) is 1.32. The Morgan fingerprint density at radius 1 is 1.73 bits per heavy atom. The highest BCUT2D eigenvalue weighted by Crippen LogP contribution is 2.06. The third kappa shape index (κ3) is 3.37. The number of nitro groups is 1. The second-order valence-corrected chi connectivity index (χ2v) is 2.91. The van der Waals surface area contributed by atoms with Gasteiger partial charge in [-0.15, -0.1) is 0 Å². The Balaban J connectivity index is 2.38. The second kappa shape index (κ2) is 5.08. The summed E-state index contributed by atoms with van der Waals surface area (Å²) in [6, 6.07) is 0. The van der Waals surface area contributed by atoms with E-state index in [-0.39, 0.29) is 11.8 Å². The first-order valence-corrected chi connectivity index (χ1v) is 4.36. The number of carbonyl (C=O) groups excluding carboxylic acids is 1. The normalized spacial score (nSPS) is 9.93. The predicted octanol–water partition coefficient (Wildman–Crippen LogP) is 0.744. The molecule has 82 valence electrons. The molecule has 0 radical (unpaired) electrons. The number of carbonyl (C=O) groups is 1. The Morgan fingerprint density at radius 2 is 2.47 bits per heavy atom. The molecule has 0 aliphatic rings. The van der Waals surface area contributed by atoms with E-state index in [1.807, 2.05) is 0 Å². The minimum Gasteiger partial charge on any atom is -0.469 e. The second-order valence-electron chi connectivity index (χ2n) is 2.91. The number of methoxy groups -OCH3 is 1. The Kier molecular flexibility index (Phi) is 3.78. The molecule has 0 saturated heterocycles. The van der Waals surface area contributed by atoms with Crippen molar-refractivity contribution < 1.29 is 14.5 Å². The summed E-state index contributed by atoms with van der Waals surface area (Å²) in [4.78, 5) is 24.1. The lowest BCUT2D eigenvalue weighted by atomic mass is 10.3. The van der Waals surface area contributed by atoms with Crippen LogP contribution in [0.4, 0.5) is 5.82 Å². The zero-order chi connectivity index (χ0) is 11.3. The van der Waals surface area contributed by atoms with Crippen LogP contribution in [0.25, 0.3) is 0 Å². The van der Waals surface area contributed by atoms with Crippen molar-refractivity contribution in [3.05, 3.63) is 22.6 Å². The largest absolute Gasteiger partial charge is 0.469 e. The standard InChI is InChI=1S/C8H11N3O4/c1-15-8(12)3-2-4-10-5-7(9-6-10)11(13)14/h5-6H,2-4H2,1H3. The fraction of sp³-hybridized carbons (Fsp3) is 0.500. The first-order chi connectivity index (χ1) is 7.13. The van der Waals surface area contributed by atoms with Crippen molar-refractivity contribution in [2.75, 3.05) is 7.11 Å². The van der Waals surface area contributed by atoms with Crippen molar-refractivity contribution in [3.8, 4) is 0 Å². The van der Waals surface area contributed by atoms with Crippen LogP contribution >= 0.6 is 0 Å². The zero-order valence-corrected chi connectivity index (χ0v) is 8.25. The van der Waals surface area contributed by atoms with Crippen molar-refractivity contribution in [2.45, 2.75) is 19.4 Å². The molecule has 0 unspecified atom stereocenters. The van der Waals surface area contributed by atoms with Crippen molar-refractivity contribution in [3.63, 3.8) is 0 Å². The van der Waals surface area contributed by atoms with Gasteiger partial charge in [0, 0.05) is 13.0 Å². The predicted molar refractivity (Wildman–Crippen MR) is 50.1 cm³/mol. The van der Waals surface area contributed by atoms with Gasteiger partial charge >= 0.3 is 11.8 Å². The van der Waals surface area contributed by atoms with E-state index in [2.05, 4.69) is 9.72 Å². The lowest BCUT2D eigenvalue weighted by Crippen LogP contribution is -2.03. The van der Waals surface area contributed by atoms with Gasteiger partial charge in [-0.1, -0.05) is 0 Å². The van der Waals surface area contributed by atoms with Crippen LogP contribution in [0.15, 0.2) is 12.5 Å². The summed E-state index contributed by atoms with van der Waals surface area (Å²) >= 11 is 0. The van der Waals surface area contributed by atoms with Gasteiger partial charge in [-0.05, 0) is 16.3 Å². The molecule has 0 fully saturated rings. The van der Waals surface area contributed by atoms with Gasteiger partial charge in [0.15, 0.2) is 0 Å². The molecular weight excluding hydrogens is 202 g/mol. The molecule has 0 saturated carbocycles. The van der Waals surface area contributed by atoms with E-state index >= 15 is 0 Å². The van der Waals surface area contributed by atoms with Gasteiger partial charge in [-0.3, -0.25) is 4.79 Å². The van der Waals surface area contributed by atoms with Crippen molar-refractivity contribution in [1.29, 1.82) is 0 Å². The number of imidazole rings is 1. The fourth-order valence-electron chi connectivity index (χ4n) is 1.07. The molecule has 0 N–H and O–H groups in total.